The number of benzene rings is 3. The van der Waals surface area contributed by atoms with Crippen LogP contribution in [0.4, 0.5) is 0 Å². The van der Waals surface area contributed by atoms with E-state index in [1.165, 1.54) is 0 Å². The lowest BCUT2D eigenvalue weighted by atomic mass is 10.0. The minimum atomic E-state index is -1.33. The van der Waals surface area contributed by atoms with Crippen LogP contribution >= 0.6 is 0 Å². The largest absolute Gasteiger partial charge is 0.609 e. The van der Waals surface area contributed by atoms with Gasteiger partial charge in [-0.2, -0.15) is 0 Å². The number of hydrogen-bond donors (Lipinski definition) is 1. The van der Waals surface area contributed by atoms with Gasteiger partial charge in [-0.3, -0.25) is 4.98 Å². The van der Waals surface area contributed by atoms with E-state index in [1.54, 1.807) is 19.5 Å². The Morgan fingerprint density at radius 3 is 2.66 bits per heavy atom. The quantitative estimate of drug-likeness (QED) is 0.359. The molecular formula is C25H21N3O3S. The molecule has 0 aliphatic rings. The molecule has 3 aromatic carbocycles. The number of H-pyrrole nitrogens is 1. The summed E-state index contributed by atoms with van der Waals surface area (Å²) in [6.45, 7) is 1.81. The van der Waals surface area contributed by atoms with Gasteiger partial charge in [-0.15, -0.1) is 0 Å². The zero-order valence-corrected chi connectivity index (χ0v) is 18.4. The summed E-state index contributed by atoms with van der Waals surface area (Å²) >= 11 is -1.33. The smallest absolute Gasteiger partial charge is 0.256 e. The molecule has 32 heavy (non-hydrogen) atoms. The molecule has 0 amide bonds. The molecule has 0 saturated carbocycles. The van der Waals surface area contributed by atoms with Crippen LogP contribution in [0.2, 0.25) is 0 Å². The van der Waals surface area contributed by atoms with Crippen LogP contribution in [-0.4, -0.2) is 32.1 Å². The van der Waals surface area contributed by atoms with E-state index in [0.717, 1.165) is 38.0 Å². The first kappa shape index (κ1) is 20.4. The van der Waals surface area contributed by atoms with Crippen molar-refractivity contribution in [2.45, 2.75) is 17.3 Å². The van der Waals surface area contributed by atoms with Gasteiger partial charge in [0.05, 0.1) is 18.8 Å². The molecule has 160 valence electrons. The van der Waals surface area contributed by atoms with E-state index >= 15 is 0 Å². The van der Waals surface area contributed by atoms with Gasteiger partial charge in [0.15, 0.2) is 4.90 Å². The number of rotatable bonds is 6. The predicted octanol–water partition coefficient (Wildman–Crippen LogP) is 5.32. The molecule has 2 heterocycles. The summed E-state index contributed by atoms with van der Waals surface area (Å²) in [7, 11) is 1.63. The van der Waals surface area contributed by atoms with Gasteiger partial charge < -0.3 is 19.0 Å². The maximum atomic E-state index is 13.0. The summed E-state index contributed by atoms with van der Waals surface area (Å²) < 4.78 is 24.7. The van der Waals surface area contributed by atoms with Crippen molar-refractivity contribution >= 4 is 33.0 Å². The van der Waals surface area contributed by atoms with E-state index in [0.29, 0.717) is 11.6 Å². The molecular weight excluding hydrogens is 422 g/mol. The lowest BCUT2D eigenvalue weighted by Crippen LogP contribution is -2.24. The Hall–Kier alpha value is -3.55. The molecule has 2 aromatic heterocycles. The molecule has 2 unspecified atom stereocenters. The van der Waals surface area contributed by atoms with Crippen LogP contribution in [0.25, 0.3) is 33.2 Å². The highest BCUT2D eigenvalue weighted by Gasteiger charge is 2.23. The van der Waals surface area contributed by atoms with Crippen LogP contribution in [0.1, 0.15) is 6.92 Å². The number of hydrogen-bond acceptors (Lipinski definition) is 5. The summed E-state index contributed by atoms with van der Waals surface area (Å²) in [4.78, 5) is 12.9. The fourth-order valence-corrected chi connectivity index (χ4v) is 4.63. The lowest BCUT2D eigenvalue weighted by molar-refractivity contribution is 0.295. The monoisotopic (exact) mass is 443 g/mol. The summed E-state index contributed by atoms with van der Waals surface area (Å²) in [5, 5.41) is 1.84. The third-order valence-corrected chi connectivity index (χ3v) is 6.69. The first-order chi connectivity index (χ1) is 15.6. The molecule has 0 saturated heterocycles. The number of nitrogens with one attached hydrogen (secondary N) is 1. The summed E-state index contributed by atoms with van der Waals surface area (Å²) in [6.07, 6.45) is 3.45. The van der Waals surface area contributed by atoms with E-state index in [4.69, 9.17) is 9.47 Å². The number of fused-ring (bicyclic) bond motifs is 2. The second kappa shape index (κ2) is 8.53. The van der Waals surface area contributed by atoms with Crippen molar-refractivity contribution < 1.29 is 14.0 Å². The molecule has 5 rings (SSSR count). The van der Waals surface area contributed by atoms with Crippen molar-refractivity contribution in [3.8, 4) is 22.9 Å². The summed E-state index contributed by atoms with van der Waals surface area (Å²) in [6, 6.07) is 21.0. The molecule has 0 fully saturated rings. The van der Waals surface area contributed by atoms with Gasteiger partial charge in [-0.25, -0.2) is 4.98 Å². The Kier molecular flexibility index (Phi) is 5.43. The van der Waals surface area contributed by atoms with E-state index in [2.05, 4.69) is 15.0 Å². The van der Waals surface area contributed by atoms with Gasteiger partial charge >= 0.3 is 0 Å². The number of ether oxygens (including phenoxy) is 2. The Morgan fingerprint density at radius 1 is 1.03 bits per heavy atom. The minimum absolute atomic E-state index is 0.554. The summed E-state index contributed by atoms with van der Waals surface area (Å²) in [5.74, 6) is 2.06. The average molecular weight is 444 g/mol. The second-order valence-electron chi connectivity index (χ2n) is 7.34. The van der Waals surface area contributed by atoms with Crippen LogP contribution in [-0.2, 0) is 11.2 Å². The van der Waals surface area contributed by atoms with Gasteiger partial charge in [-0.1, -0.05) is 24.3 Å². The van der Waals surface area contributed by atoms with E-state index in [-0.39, 0.29) is 0 Å². The van der Waals surface area contributed by atoms with E-state index in [1.807, 2.05) is 73.7 Å². The standard InChI is InChI=1S/C25H21N3O3S/c1-16(32(29)20-6-4-3-5-7-20)31-24-13-18(12-17-8-9-19(30-2)14-21(17)24)25-27-22-10-11-26-15-23(22)28-25/h3-16H,1-2H3,(H,27,28). The molecule has 0 bridgehead atoms. The highest BCUT2D eigenvalue weighted by molar-refractivity contribution is 7.91. The first-order valence-corrected chi connectivity index (χ1v) is 11.4. The van der Waals surface area contributed by atoms with Crippen molar-refractivity contribution in [2.24, 2.45) is 0 Å². The Labute approximate surface area is 188 Å². The van der Waals surface area contributed by atoms with Gasteiger partial charge in [0.1, 0.15) is 22.8 Å². The Bertz CT molecular complexity index is 1350. The molecule has 0 spiro atoms. The number of nitrogens with zero attached hydrogens (tertiary/aromatic N) is 2. The van der Waals surface area contributed by atoms with Gasteiger partial charge in [-0.05, 0) is 47.9 Å². The fourth-order valence-electron chi connectivity index (χ4n) is 3.63. The SMILES string of the molecule is COc1ccc2cc(-c3nc4cnccc4[nH]3)cc(OC(C)[S+]([O-])c3ccccc3)c2c1. The zero-order chi connectivity index (χ0) is 22.1. The number of aromatic amines is 1. The topological polar surface area (TPSA) is 83.1 Å². The van der Waals surface area contributed by atoms with Crippen molar-refractivity contribution in [2.75, 3.05) is 7.11 Å². The third kappa shape index (κ3) is 3.88. The van der Waals surface area contributed by atoms with E-state index < -0.39 is 16.6 Å². The van der Waals surface area contributed by atoms with Gasteiger partial charge in [0.2, 0.25) is 0 Å². The highest BCUT2D eigenvalue weighted by atomic mass is 32.2. The molecule has 6 nitrogen and oxygen atoms in total. The first-order valence-electron chi connectivity index (χ1n) is 10.2. The highest BCUT2D eigenvalue weighted by Crippen LogP contribution is 2.36. The van der Waals surface area contributed by atoms with Crippen molar-refractivity contribution in [3.63, 3.8) is 0 Å². The van der Waals surface area contributed by atoms with Crippen molar-refractivity contribution in [3.05, 3.63) is 79.1 Å². The molecule has 0 aliphatic carbocycles. The van der Waals surface area contributed by atoms with Crippen molar-refractivity contribution in [1.29, 1.82) is 0 Å². The van der Waals surface area contributed by atoms with Crippen molar-refractivity contribution in [1.82, 2.24) is 15.0 Å². The minimum Gasteiger partial charge on any atom is -0.609 e. The Morgan fingerprint density at radius 2 is 1.88 bits per heavy atom. The number of methoxy groups -OCH3 is 1. The van der Waals surface area contributed by atoms with Crippen LogP contribution in [0.15, 0.2) is 84.0 Å². The zero-order valence-electron chi connectivity index (χ0n) is 17.6. The molecule has 0 radical (unpaired) electrons. The number of imidazole rings is 1. The molecule has 0 aliphatic heterocycles. The van der Waals surface area contributed by atoms with Crippen LogP contribution in [0, 0.1) is 0 Å². The lowest BCUT2D eigenvalue weighted by Gasteiger charge is -2.20. The maximum Gasteiger partial charge on any atom is 0.256 e. The predicted molar refractivity (Wildman–Crippen MR) is 126 cm³/mol. The van der Waals surface area contributed by atoms with Crippen LogP contribution in [0.3, 0.4) is 0 Å². The molecule has 5 aromatic rings. The summed E-state index contributed by atoms with van der Waals surface area (Å²) in [5.41, 5.74) is 2.01. The molecule has 1 N–H and O–H groups in total. The third-order valence-electron chi connectivity index (χ3n) is 5.25. The second-order valence-corrected chi connectivity index (χ2v) is 9.07. The van der Waals surface area contributed by atoms with Crippen LogP contribution < -0.4 is 9.47 Å². The van der Waals surface area contributed by atoms with Gasteiger partial charge in [0.25, 0.3) is 5.44 Å². The number of pyridine rings is 1. The molecule has 7 heteroatoms. The normalized spacial score (nSPS) is 13.2. The number of aromatic nitrogens is 3. The van der Waals surface area contributed by atoms with Gasteiger partial charge in [0, 0.05) is 35.2 Å². The average Bonchev–Trinajstić information content (AvgIpc) is 3.28. The molecule has 2 atom stereocenters. The fraction of sp³-hybridized carbons (Fsp3) is 0.120. The van der Waals surface area contributed by atoms with Crippen LogP contribution in [0.5, 0.6) is 11.5 Å². The van der Waals surface area contributed by atoms with E-state index in [9.17, 15) is 4.55 Å². The maximum absolute atomic E-state index is 13.0. The Balaban J connectivity index is 1.58.